The van der Waals surface area contributed by atoms with E-state index in [0.717, 1.165) is 0 Å². The van der Waals surface area contributed by atoms with E-state index in [4.69, 9.17) is 11.3 Å². The summed E-state index contributed by atoms with van der Waals surface area (Å²) in [6, 6.07) is 8.84. The Hall–Kier alpha value is -2.96. The largest absolute Gasteiger partial charge is 0.489 e. The SMILES string of the molecule is [C-]#[N+]c1cccc(F)c1N1CCOc2cc(S(=O)(=O)Cc3nccs3)ccc21. The number of thiazole rings is 1. The fraction of sp³-hybridized carbons (Fsp3) is 0.158. The molecule has 0 bridgehead atoms. The van der Waals surface area contributed by atoms with E-state index in [1.807, 2.05) is 0 Å². The number of hydrogen-bond acceptors (Lipinski definition) is 6. The van der Waals surface area contributed by atoms with Gasteiger partial charge < -0.3 is 9.64 Å². The van der Waals surface area contributed by atoms with Gasteiger partial charge in [0.2, 0.25) is 5.69 Å². The summed E-state index contributed by atoms with van der Waals surface area (Å²) in [5, 5.41) is 2.23. The summed E-state index contributed by atoms with van der Waals surface area (Å²) in [7, 11) is -3.59. The van der Waals surface area contributed by atoms with Gasteiger partial charge in [-0.3, -0.25) is 0 Å². The summed E-state index contributed by atoms with van der Waals surface area (Å²) >= 11 is 1.28. The van der Waals surface area contributed by atoms with Gasteiger partial charge >= 0.3 is 0 Å². The highest BCUT2D eigenvalue weighted by Crippen LogP contribution is 2.43. The van der Waals surface area contributed by atoms with Crippen LogP contribution < -0.4 is 9.64 Å². The van der Waals surface area contributed by atoms with E-state index >= 15 is 0 Å². The van der Waals surface area contributed by atoms with Gasteiger partial charge in [-0.1, -0.05) is 12.1 Å². The molecule has 1 aliphatic rings. The van der Waals surface area contributed by atoms with Gasteiger partial charge in [0.25, 0.3) is 0 Å². The van der Waals surface area contributed by atoms with Crippen LogP contribution in [-0.4, -0.2) is 26.6 Å². The van der Waals surface area contributed by atoms with Crippen LogP contribution in [0.2, 0.25) is 0 Å². The quantitative estimate of drug-likeness (QED) is 0.593. The maximum absolute atomic E-state index is 14.5. The summed E-state index contributed by atoms with van der Waals surface area (Å²) < 4.78 is 45.5. The predicted octanol–water partition coefficient (Wildman–Crippen LogP) is 4.34. The molecule has 0 spiro atoms. The molecule has 142 valence electrons. The Morgan fingerprint density at radius 2 is 2.18 bits per heavy atom. The third-order valence-electron chi connectivity index (χ3n) is 4.31. The standard InChI is InChI=1S/C19H14FN3O3S2/c1-21-15-4-2-3-14(20)19(15)23-8-9-26-17-11-13(5-6-16(17)23)28(24,25)12-18-22-7-10-27-18/h2-7,10-11H,8-9,12H2. The number of ether oxygens (including phenoxy) is 1. The Morgan fingerprint density at radius 3 is 2.93 bits per heavy atom. The molecule has 0 atom stereocenters. The molecular formula is C19H14FN3O3S2. The van der Waals surface area contributed by atoms with Gasteiger partial charge in [0.05, 0.1) is 29.4 Å². The third-order valence-corrected chi connectivity index (χ3v) is 6.89. The Morgan fingerprint density at radius 1 is 1.32 bits per heavy atom. The molecule has 0 N–H and O–H groups in total. The first-order valence-corrected chi connectivity index (χ1v) is 10.8. The van der Waals surface area contributed by atoms with Crippen LogP contribution in [0.15, 0.2) is 52.9 Å². The first-order valence-electron chi connectivity index (χ1n) is 8.31. The Bertz CT molecular complexity index is 1170. The first kappa shape index (κ1) is 18.4. The van der Waals surface area contributed by atoms with Crippen molar-refractivity contribution in [3.63, 3.8) is 0 Å². The number of fused-ring (bicyclic) bond motifs is 1. The van der Waals surface area contributed by atoms with Crippen molar-refractivity contribution in [2.24, 2.45) is 0 Å². The molecule has 3 aromatic rings. The van der Waals surface area contributed by atoms with Crippen LogP contribution in [-0.2, 0) is 15.6 Å². The minimum atomic E-state index is -3.59. The molecule has 6 nitrogen and oxygen atoms in total. The second kappa shape index (κ2) is 7.22. The normalized spacial score (nSPS) is 13.5. The fourth-order valence-corrected chi connectivity index (χ4v) is 5.32. The molecule has 1 aliphatic heterocycles. The van der Waals surface area contributed by atoms with Crippen molar-refractivity contribution in [2.45, 2.75) is 10.6 Å². The van der Waals surface area contributed by atoms with Crippen LogP contribution in [0.5, 0.6) is 5.75 Å². The number of anilines is 2. The number of sulfone groups is 1. The van der Waals surface area contributed by atoms with Crippen LogP contribution in [0.3, 0.4) is 0 Å². The molecule has 0 aliphatic carbocycles. The number of aromatic nitrogens is 1. The molecule has 0 radical (unpaired) electrons. The molecule has 2 heterocycles. The van der Waals surface area contributed by atoms with Crippen molar-refractivity contribution >= 4 is 38.2 Å². The number of halogens is 1. The van der Waals surface area contributed by atoms with E-state index in [0.29, 0.717) is 23.0 Å². The molecule has 0 unspecified atom stereocenters. The summed E-state index contributed by atoms with van der Waals surface area (Å²) in [5.41, 5.74) is 0.878. The monoisotopic (exact) mass is 415 g/mol. The van der Waals surface area contributed by atoms with Crippen LogP contribution >= 0.6 is 11.3 Å². The van der Waals surface area contributed by atoms with Crippen LogP contribution in [0.4, 0.5) is 21.5 Å². The molecule has 0 amide bonds. The van der Waals surface area contributed by atoms with E-state index in [1.165, 1.54) is 35.6 Å². The number of benzene rings is 2. The lowest BCUT2D eigenvalue weighted by atomic mass is 10.1. The first-order chi connectivity index (χ1) is 13.5. The van der Waals surface area contributed by atoms with E-state index in [9.17, 15) is 12.8 Å². The zero-order valence-corrected chi connectivity index (χ0v) is 16.1. The Balaban J connectivity index is 1.74. The summed E-state index contributed by atoms with van der Waals surface area (Å²) in [6.45, 7) is 7.90. The molecule has 1 aromatic heterocycles. The third kappa shape index (κ3) is 3.32. The molecule has 0 saturated carbocycles. The predicted molar refractivity (Wildman–Crippen MR) is 105 cm³/mol. The van der Waals surface area contributed by atoms with Crippen molar-refractivity contribution in [1.82, 2.24) is 4.98 Å². The van der Waals surface area contributed by atoms with Gasteiger partial charge in [0.1, 0.15) is 28.9 Å². The van der Waals surface area contributed by atoms with Crippen LogP contribution in [0.25, 0.3) is 4.85 Å². The highest BCUT2D eigenvalue weighted by atomic mass is 32.2. The molecular weight excluding hydrogens is 401 g/mol. The smallest absolute Gasteiger partial charge is 0.213 e. The lowest BCUT2D eigenvalue weighted by Gasteiger charge is -2.32. The van der Waals surface area contributed by atoms with Gasteiger partial charge in [-0.25, -0.2) is 22.6 Å². The summed E-state index contributed by atoms with van der Waals surface area (Å²) in [6.07, 6.45) is 1.56. The average molecular weight is 415 g/mol. The van der Waals surface area contributed by atoms with Gasteiger partial charge in [-0.15, -0.1) is 11.3 Å². The topological polar surface area (TPSA) is 63.9 Å². The van der Waals surface area contributed by atoms with E-state index in [-0.39, 0.29) is 28.6 Å². The van der Waals surface area contributed by atoms with Crippen molar-refractivity contribution in [1.29, 1.82) is 0 Å². The van der Waals surface area contributed by atoms with Gasteiger partial charge in [-0.05, 0) is 18.2 Å². The van der Waals surface area contributed by atoms with Gasteiger partial charge in [0.15, 0.2) is 9.84 Å². The van der Waals surface area contributed by atoms with Crippen LogP contribution in [0.1, 0.15) is 5.01 Å². The van der Waals surface area contributed by atoms with Crippen molar-refractivity contribution in [3.8, 4) is 5.75 Å². The Kier molecular flexibility index (Phi) is 4.75. The number of para-hydroxylation sites is 1. The van der Waals surface area contributed by atoms with E-state index < -0.39 is 15.7 Å². The minimum absolute atomic E-state index is 0.113. The second-order valence-electron chi connectivity index (χ2n) is 6.03. The zero-order valence-electron chi connectivity index (χ0n) is 14.5. The van der Waals surface area contributed by atoms with E-state index in [2.05, 4.69) is 9.83 Å². The van der Waals surface area contributed by atoms with E-state index in [1.54, 1.807) is 28.6 Å². The van der Waals surface area contributed by atoms with Crippen LogP contribution in [0, 0.1) is 12.4 Å². The lowest BCUT2D eigenvalue weighted by molar-refractivity contribution is 0.312. The van der Waals surface area contributed by atoms with Crippen molar-refractivity contribution in [3.05, 3.63) is 70.2 Å². The number of hydrogen-bond donors (Lipinski definition) is 0. The molecule has 0 fully saturated rings. The summed E-state index contributed by atoms with van der Waals surface area (Å²) in [5.74, 6) is -0.366. The number of rotatable bonds is 4. The van der Waals surface area contributed by atoms with Gasteiger partial charge in [0, 0.05) is 17.6 Å². The molecule has 2 aromatic carbocycles. The highest BCUT2D eigenvalue weighted by Gasteiger charge is 2.26. The molecule has 28 heavy (non-hydrogen) atoms. The van der Waals surface area contributed by atoms with Crippen molar-refractivity contribution in [2.75, 3.05) is 18.1 Å². The summed E-state index contributed by atoms with van der Waals surface area (Å²) in [4.78, 5) is 9.19. The second-order valence-corrected chi connectivity index (χ2v) is 9.00. The minimum Gasteiger partial charge on any atom is -0.489 e. The zero-order chi connectivity index (χ0) is 19.7. The van der Waals surface area contributed by atoms with Gasteiger partial charge in [-0.2, -0.15) is 0 Å². The lowest BCUT2D eigenvalue weighted by Crippen LogP contribution is -2.29. The Labute approximate surface area is 165 Å². The maximum Gasteiger partial charge on any atom is 0.213 e. The molecule has 0 saturated heterocycles. The average Bonchev–Trinajstić information content (AvgIpc) is 3.19. The molecule has 9 heteroatoms. The van der Waals surface area contributed by atoms with Crippen molar-refractivity contribution < 1.29 is 17.5 Å². The maximum atomic E-state index is 14.5. The highest BCUT2D eigenvalue weighted by molar-refractivity contribution is 7.90. The molecule has 4 rings (SSSR count). The fourth-order valence-electron chi connectivity index (χ4n) is 3.06. The number of nitrogens with zero attached hydrogens (tertiary/aromatic N) is 3.